The van der Waals surface area contributed by atoms with E-state index in [-0.39, 0.29) is 17.0 Å². The van der Waals surface area contributed by atoms with Gasteiger partial charge in [-0.25, -0.2) is 0 Å². The average Bonchev–Trinajstić information content (AvgIpc) is 2.78. The SMILES string of the molecule is C[CH2][Pb]([CH2]C)([CH2]C)[O]S(=O)(=O)CC12CCC(CC1=O)C2(C)C. The van der Waals surface area contributed by atoms with Crippen LogP contribution in [0.25, 0.3) is 0 Å². The van der Waals surface area contributed by atoms with Crippen LogP contribution >= 0.6 is 0 Å². The van der Waals surface area contributed by atoms with E-state index in [4.69, 9.17) is 2.13 Å². The van der Waals surface area contributed by atoms with Crippen molar-refractivity contribution in [2.24, 2.45) is 16.7 Å². The molecule has 0 aromatic rings. The summed E-state index contributed by atoms with van der Waals surface area (Å²) < 4.78 is 34.1. The van der Waals surface area contributed by atoms with Gasteiger partial charge in [0, 0.05) is 0 Å². The molecule has 2 aliphatic rings. The van der Waals surface area contributed by atoms with Crippen molar-refractivity contribution in [1.82, 2.24) is 0 Å². The van der Waals surface area contributed by atoms with Crippen molar-refractivity contribution in [3.63, 3.8) is 0 Å². The summed E-state index contributed by atoms with van der Waals surface area (Å²) in [4.78, 5) is 12.5. The summed E-state index contributed by atoms with van der Waals surface area (Å²) in [6.07, 6.45) is 2.23. The zero-order valence-electron chi connectivity index (χ0n) is 14.6. The number of ketones is 1. The van der Waals surface area contributed by atoms with Crippen LogP contribution in [0, 0.1) is 16.7 Å². The van der Waals surface area contributed by atoms with Crippen LogP contribution in [0.15, 0.2) is 0 Å². The molecule has 2 fully saturated rings. The van der Waals surface area contributed by atoms with Crippen LogP contribution < -0.4 is 0 Å². The van der Waals surface area contributed by atoms with E-state index >= 15 is 0 Å². The van der Waals surface area contributed by atoms with Crippen molar-refractivity contribution in [3.05, 3.63) is 0 Å². The molecule has 0 spiro atoms. The van der Waals surface area contributed by atoms with Gasteiger partial charge in [0.2, 0.25) is 0 Å². The fourth-order valence-electron chi connectivity index (χ4n) is 4.64. The van der Waals surface area contributed by atoms with Crippen LogP contribution in [-0.4, -0.2) is 41.6 Å². The molecule has 0 aliphatic heterocycles. The van der Waals surface area contributed by atoms with E-state index in [2.05, 4.69) is 34.6 Å². The predicted molar refractivity (Wildman–Crippen MR) is 90.6 cm³/mol. The summed E-state index contributed by atoms with van der Waals surface area (Å²) in [5.41, 5.74) is -0.921. The predicted octanol–water partition coefficient (Wildman–Crippen LogP) is 3.73. The molecule has 0 radical (unpaired) electrons. The second kappa shape index (κ2) is 6.10. The quantitative estimate of drug-likeness (QED) is 0.476. The maximum atomic E-state index is 12.8. The number of fused-ring (bicyclic) bond motifs is 2. The van der Waals surface area contributed by atoms with E-state index in [9.17, 15) is 13.2 Å². The van der Waals surface area contributed by atoms with Gasteiger partial charge in [-0.05, 0) is 0 Å². The third-order valence-corrected chi connectivity index (χ3v) is 30.4. The van der Waals surface area contributed by atoms with E-state index in [1.807, 2.05) is 0 Å². The first kappa shape index (κ1) is 18.8. The van der Waals surface area contributed by atoms with Crippen LogP contribution in [0.2, 0.25) is 11.9 Å². The number of Topliss-reactive ketones (excluding diaryl/α,β-unsaturated/α-hetero) is 1. The molecule has 2 bridgehead atoms. The van der Waals surface area contributed by atoms with Gasteiger partial charge in [-0.15, -0.1) is 0 Å². The molecule has 22 heavy (non-hydrogen) atoms. The van der Waals surface area contributed by atoms with Crippen molar-refractivity contribution >= 4 is 37.5 Å². The Kier molecular flexibility index (Phi) is 5.22. The van der Waals surface area contributed by atoms with E-state index in [0.29, 0.717) is 18.8 Å². The van der Waals surface area contributed by atoms with Gasteiger partial charge >= 0.3 is 141 Å². The fraction of sp³-hybridized carbons (Fsp3) is 0.938. The standard InChI is InChI=1S/C10H16O4S.3C2H5.Pb/c1-9(2)7-3-4-10(9,8(11)5-7)6-15(12,13)14;3*1-2;/h7H,3-6H2,1-2H3,(H,12,13,14);3*1H2,2H3;/q;;;;+1/p-1. The zero-order valence-corrected chi connectivity index (χ0v) is 19.3. The zero-order chi connectivity index (χ0) is 16.8. The number of carbonyl (C=O) groups is 1. The molecule has 4 nitrogen and oxygen atoms in total. The Labute approximate surface area is 140 Å². The normalized spacial score (nSPS) is 31.0. The Hall–Kier alpha value is 0.502. The van der Waals surface area contributed by atoms with Crippen LogP contribution in [0.4, 0.5) is 0 Å². The first-order valence-corrected chi connectivity index (χ1v) is 20.0. The van der Waals surface area contributed by atoms with Crippen molar-refractivity contribution in [2.75, 3.05) is 5.75 Å². The van der Waals surface area contributed by atoms with Gasteiger partial charge in [-0.1, -0.05) is 0 Å². The van der Waals surface area contributed by atoms with Gasteiger partial charge < -0.3 is 0 Å². The topological polar surface area (TPSA) is 60.4 Å². The Morgan fingerprint density at radius 3 is 2.09 bits per heavy atom. The van der Waals surface area contributed by atoms with E-state index in [0.717, 1.165) is 18.4 Å². The average molecular weight is 526 g/mol. The Bertz CT molecular complexity index is 542. The van der Waals surface area contributed by atoms with E-state index in [1.54, 1.807) is 0 Å². The summed E-state index contributed by atoms with van der Waals surface area (Å²) in [5.74, 6) is 0.394. The number of carbonyl (C=O) groups excluding carboxylic acids is 1. The van der Waals surface area contributed by atoms with Crippen LogP contribution in [0.3, 0.4) is 0 Å². The minimum atomic E-state index is -3.63. The Morgan fingerprint density at radius 2 is 1.73 bits per heavy atom. The van der Waals surface area contributed by atoms with Crippen LogP contribution in [0.5, 0.6) is 0 Å². The summed E-state index contributed by atoms with van der Waals surface area (Å²) in [5, 5.41) is 0. The van der Waals surface area contributed by atoms with Gasteiger partial charge in [0.05, 0.1) is 0 Å². The second-order valence-electron chi connectivity index (χ2n) is 7.70. The Morgan fingerprint density at radius 1 is 1.18 bits per heavy atom. The third kappa shape index (κ3) is 2.83. The van der Waals surface area contributed by atoms with Gasteiger partial charge in [0.25, 0.3) is 0 Å². The first-order chi connectivity index (χ1) is 10.1. The molecule has 6 heteroatoms. The van der Waals surface area contributed by atoms with E-state index < -0.39 is 37.2 Å². The molecule has 0 N–H and O–H groups in total. The molecular weight excluding hydrogens is 495 g/mol. The van der Waals surface area contributed by atoms with Crippen molar-refractivity contribution in [2.45, 2.75) is 65.8 Å². The molecule has 128 valence electrons. The van der Waals surface area contributed by atoms with Crippen molar-refractivity contribution in [3.8, 4) is 0 Å². The van der Waals surface area contributed by atoms with Gasteiger partial charge in [-0.2, -0.15) is 0 Å². The van der Waals surface area contributed by atoms with E-state index in [1.165, 1.54) is 0 Å². The summed E-state index contributed by atoms with van der Waals surface area (Å²) in [6, 6.07) is 0. The fourth-order valence-corrected chi connectivity index (χ4v) is 23.8. The minimum absolute atomic E-state index is 0.0932. The number of hydrogen-bond donors (Lipinski definition) is 0. The summed E-state index contributed by atoms with van der Waals surface area (Å²) >= 11 is -3.18. The molecule has 2 unspecified atom stereocenters. The number of hydrogen-bond acceptors (Lipinski definition) is 4. The molecule has 2 atom stereocenters. The molecule has 0 saturated heterocycles. The summed E-state index contributed by atoms with van der Waals surface area (Å²) in [6.45, 7) is 10.3. The van der Waals surface area contributed by atoms with Gasteiger partial charge in [-0.3, -0.25) is 0 Å². The second-order valence-corrected chi connectivity index (χ2v) is 28.7. The molecule has 0 heterocycles. The van der Waals surface area contributed by atoms with Gasteiger partial charge in [0.1, 0.15) is 0 Å². The number of rotatable bonds is 7. The molecule has 2 aliphatic carbocycles. The molecule has 0 aromatic heterocycles. The van der Waals surface area contributed by atoms with Crippen LogP contribution in [-0.2, 0) is 17.0 Å². The van der Waals surface area contributed by atoms with Crippen molar-refractivity contribution < 1.29 is 15.3 Å². The molecule has 0 aromatic carbocycles. The Balaban J connectivity index is 2.27. The molecular formula is C16H30O4PbS. The van der Waals surface area contributed by atoms with Crippen molar-refractivity contribution in [1.29, 1.82) is 0 Å². The molecule has 0 amide bonds. The molecule has 2 rings (SSSR count). The third-order valence-electron chi connectivity index (χ3n) is 6.80. The summed E-state index contributed by atoms with van der Waals surface area (Å²) in [7, 11) is -3.63. The van der Waals surface area contributed by atoms with Gasteiger partial charge in [0.15, 0.2) is 0 Å². The monoisotopic (exact) mass is 526 g/mol. The maximum absolute atomic E-state index is 12.8. The van der Waals surface area contributed by atoms with Crippen LogP contribution in [0.1, 0.15) is 53.9 Å². The molecule has 2 saturated carbocycles. The first-order valence-electron chi connectivity index (χ1n) is 8.54.